The third kappa shape index (κ3) is 4.92. The number of para-hydroxylation sites is 1. The molecule has 0 bridgehead atoms. The van der Waals surface area contributed by atoms with Crippen molar-refractivity contribution in [2.75, 3.05) is 41.3 Å². The molecule has 11 heteroatoms. The van der Waals surface area contributed by atoms with E-state index in [9.17, 15) is 32.5 Å². The maximum Gasteiger partial charge on any atom is 0.416 e. The van der Waals surface area contributed by atoms with Gasteiger partial charge in [0.1, 0.15) is 17.2 Å². The highest BCUT2D eigenvalue weighted by Gasteiger charge is 2.35. The number of amides is 1. The zero-order valence-corrected chi connectivity index (χ0v) is 18.3. The first-order chi connectivity index (χ1) is 16.1. The Morgan fingerprint density at radius 2 is 1.65 bits per heavy atom. The van der Waals surface area contributed by atoms with Crippen LogP contribution in [-0.2, 0) is 11.0 Å². The molecule has 34 heavy (non-hydrogen) atoms. The zero-order chi connectivity index (χ0) is 24.5. The smallest absolute Gasteiger partial charge is 0.370 e. The lowest BCUT2D eigenvalue weighted by molar-refractivity contribution is -0.384. The van der Waals surface area contributed by atoms with E-state index in [2.05, 4.69) is 5.32 Å². The van der Waals surface area contributed by atoms with E-state index in [0.29, 0.717) is 24.6 Å². The molecule has 2 fully saturated rings. The monoisotopic (exact) mass is 480 g/mol. The highest BCUT2D eigenvalue weighted by atomic mass is 19.4. The lowest BCUT2D eigenvalue weighted by Crippen LogP contribution is -2.38. The molecule has 0 aliphatic carbocycles. The van der Waals surface area contributed by atoms with Crippen LogP contribution in [0, 0.1) is 21.8 Å². The molecule has 2 aromatic carbocycles. The van der Waals surface area contributed by atoms with Crippen molar-refractivity contribution in [3.05, 3.63) is 57.9 Å². The van der Waals surface area contributed by atoms with E-state index in [1.165, 1.54) is 6.07 Å². The van der Waals surface area contributed by atoms with Crippen molar-refractivity contribution >= 4 is 28.7 Å². The second-order valence-corrected chi connectivity index (χ2v) is 8.54. The van der Waals surface area contributed by atoms with Crippen LogP contribution in [0.4, 0.5) is 40.3 Å². The van der Waals surface area contributed by atoms with Crippen molar-refractivity contribution in [1.82, 2.24) is 0 Å². The molecule has 2 aliphatic rings. The van der Waals surface area contributed by atoms with E-state index in [1.807, 2.05) is 4.90 Å². The number of nitrogens with zero attached hydrogens (tertiary/aromatic N) is 3. The summed E-state index contributed by atoms with van der Waals surface area (Å²) in [5.74, 6) is -1.31. The molecule has 2 heterocycles. The number of hydrogen-bond donors (Lipinski definition) is 1. The zero-order valence-electron chi connectivity index (χ0n) is 18.3. The first kappa shape index (κ1) is 23.8. The van der Waals surface area contributed by atoms with Gasteiger partial charge in [0.15, 0.2) is 0 Å². The van der Waals surface area contributed by atoms with E-state index in [4.69, 9.17) is 0 Å². The van der Waals surface area contributed by atoms with Gasteiger partial charge in [-0.3, -0.25) is 14.9 Å². The van der Waals surface area contributed by atoms with Gasteiger partial charge in [0.05, 0.1) is 16.2 Å². The number of alkyl halides is 3. The minimum atomic E-state index is -4.69. The van der Waals surface area contributed by atoms with Crippen LogP contribution in [0.1, 0.15) is 31.2 Å². The summed E-state index contributed by atoms with van der Waals surface area (Å²) < 4.78 is 53.5. The van der Waals surface area contributed by atoms with Crippen LogP contribution in [0.5, 0.6) is 0 Å². The number of carbonyl (C=O) groups is 1. The fourth-order valence-corrected chi connectivity index (χ4v) is 4.58. The van der Waals surface area contributed by atoms with Gasteiger partial charge in [-0.2, -0.15) is 13.2 Å². The average molecular weight is 480 g/mol. The molecule has 2 aliphatic heterocycles. The maximum absolute atomic E-state index is 14.6. The van der Waals surface area contributed by atoms with Crippen molar-refractivity contribution in [1.29, 1.82) is 0 Å². The Bertz CT molecular complexity index is 1080. The third-order valence-electron chi connectivity index (χ3n) is 6.39. The fourth-order valence-electron chi connectivity index (χ4n) is 4.58. The van der Waals surface area contributed by atoms with Crippen LogP contribution in [0.3, 0.4) is 0 Å². The largest absolute Gasteiger partial charge is 0.416 e. The first-order valence-corrected chi connectivity index (χ1v) is 11.1. The quantitative estimate of drug-likeness (QED) is 0.361. The minimum Gasteiger partial charge on any atom is -0.370 e. The topological polar surface area (TPSA) is 78.7 Å². The summed E-state index contributed by atoms with van der Waals surface area (Å²) in [6, 6.07) is 7.13. The fraction of sp³-hybridized carbons (Fsp3) is 0.435. The molecular formula is C23H24F4N4O3. The molecule has 0 saturated carbocycles. The summed E-state index contributed by atoms with van der Waals surface area (Å²) in [6.45, 7) is 2.08. The average Bonchev–Trinajstić information content (AvgIpc) is 3.34. The predicted octanol–water partition coefficient (Wildman–Crippen LogP) is 5.21. The van der Waals surface area contributed by atoms with E-state index >= 15 is 0 Å². The molecule has 2 saturated heterocycles. The van der Waals surface area contributed by atoms with Crippen molar-refractivity contribution in [3.63, 3.8) is 0 Å². The highest BCUT2D eigenvalue weighted by Crippen LogP contribution is 2.38. The number of anilines is 3. The first-order valence-electron chi connectivity index (χ1n) is 11.1. The number of carbonyl (C=O) groups excluding carboxylic acids is 1. The van der Waals surface area contributed by atoms with E-state index in [1.54, 1.807) is 17.0 Å². The number of nitro groups is 1. The van der Waals surface area contributed by atoms with Gasteiger partial charge in [-0.05, 0) is 49.9 Å². The van der Waals surface area contributed by atoms with Crippen LogP contribution < -0.4 is 15.1 Å². The Kier molecular flexibility index (Phi) is 6.63. The van der Waals surface area contributed by atoms with E-state index in [0.717, 1.165) is 38.1 Å². The lowest BCUT2D eigenvalue weighted by atomic mass is 9.95. The van der Waals surface area contributed by atoms with Gasteiger partial charge < -0.3 is 15.1 Å². The van der Waals surface area contributed by atoms with Gasteiger partial charge in [-0.25, -0.2) is 4.39 Å². The summed E-state index contributed by atoms with van der Waals surface area (Å²) in [5, 5.41) is 14.1. The number of nitro benzene ring substituents is 1. The van der Waals surface area contributed by atoms with Crippen molar-refractivity contribution in [2.24, 2.45) is 5.92 Å². The van der Waals surface area contributed by atoms with Crippen LogP contribution >= 0.6 is 0 Å². The number of halogens is 4. The van der Waals surface area contributed by atoms with Gasteiger partial charge in [0.2, 0.25) is 5.91 Å². The van der Waals surface area contributed by atoms with Gasteiger partial charge in [0, 0.05) is 38.2 Å². The number of nitrogens with one attached hydrogen (secondary N) is 1. The van der Waals surface area contributed by atoms with Crippen LogP contribution in [-0.4, -0.2) is 37.0 Å². The molecule has 4 rings (SSSR count). The van der Waals surface area contributed by atoms with Crippen molar-refractivity contribution in [3.8, 4) is 0 Å². The summed E-state index contributed by atoms with van der Waals surface area (Å²) >= 11 is 0. The van der Waals surface area contributed by atoms with Crippen LogP contribution in [0.25, 0.3) is 0 Å². The second-order valence-electron chi connectivity index (χ2n) is 8.54. The Balaban J connectivity index is 1.45. The maximum atomic E-state index is 14.6. The molecule has 0 aromatic heterocycles. The van der Waals surface area contributed by atoms with Crippen LogP contribution in [0.15, 0.2) is 36.4 Å². The lowest BCUT2D eigenvalue weighted by Gasteiger charge is -2.33. The van der Waals surface area contributed by atoms with Crippen LogP contribution in [0.2, 0.25) is 0 Å². The molecule has 182 valence electrons. The SMILES string of the molecule is O=C(Nc1c(F)cccc1N1CCCC1)C1CCN(c2ccc(C(F)(F)F)cc2[N+](=O)[O-])CC1. The minimum absolute atomic E-state index is 0.0854. The van der Waals surface area contributed by atoms with Gasteiger partial charge >= 0.3 is 6.18 Å². The van der Waals surface area contributed by atoms with Crippen molar-refractivity contribution < 1.29 is 27.3 Å². The number of hydrogen-bond acceptors (Lipinski definition) is 5. The molecule has 0 radical (unpaired) electrons. The Morgan fingerprint density at radius 3 is 2.26 bits per heavy atom. The second kappa shape index (κ2) is 9.47. The van der Waals surface area contributed by atoms with Gasteiger partial charge in [0.25, 0.3) is 5.69 Å². The number of benzene rings is 2. The van der Waals surface area contributed by atoms with E-state index < -0.39 is 34.1 Å². The molecule has 0 atom stereocenters. The number of rotatable bonds is 5. The summed E-state index contributed by atoms with van der Waals surface area (Å²) in [4.78, 5) is 27.1. The van der Waals surface area contributed by atoms with E-state index in [-0.39, 0.29) is 30.4 Å². The van der Waals surface area contributed by atoms with Gasteiger partial charge in [-0.15, -0.1) is 0 Å². The van der Waals surface area contributed by atoms with Crippen molar-refractivity contribution in [2.45, 2.75) is 31.9 Å². The molecular weight excluding hydrogens is 456 g/mol. The molecule has 1 N–H and O–H groups in total. The molecule has 1 amide bonds. The molecule has 7 nitrogen and oxygen atoms in total. The Labute approximate surface area is 193 Å². The molecule has 2 aromatic rings. The third-order valence-corrected chi connectivity index (χ3v) is 6.39. The predicted molar refractivity (Wildman–Crippen MR) is 120 cm³/mol. The summed E-state index contributed by atoms with van der Waals surface area (Å²) in [6.07, 6.45) is -2.03. The summed E-state index contributed by atoms with van der Waals surface area (Å²) in [7, 11) is 0. The number of piperidine rings is 1. The standard InChI is InChI=1S/C23H24F4N4O3/c24-17-4-3-5-19(29-10-1-2-11-29)21(17)28-22(32)15-8-12-30(13-9-15)18-7-6-16(23(25,26)27)14-20(18)31(33)34/h3-7,14-15H,1-2,8-13H2,(H,28,32). The Morgan fingerprint density at radius 1 is 1.00 bits per heavy atom. The normalized spacial score (nSPS) is 17.2. The molecule has 0 spiro atoms. The Hall–Kier alpha value is -3.37. The molecule has 0 unspecified atom stereocenters. The summed E-state index contributed by atoms with van der Waals surface area (Å²) in [5.41, 5.74) is -0.837. The highest BCUT2D eigenvalue weighted by molar-refractivity contribution is 5.96. The van der Waals surface area contributed by atoms with Gasteiger partial charge in [-0.1, -0.05) is 6.07 Å².